The zero-order valence-electron chi connectivity index (χ0n) is 19.1. The first-order valence-electron chi connectivity index (χ1n) is 10.9. The first-order chi connectivity index (χ1) is 14.5. The van der Waals surface area contributed by atoms with Gasteiger partial charge in [-0.15, -0.1) is 11.8 Å². The van der Waals surface area contributed by atoms with Crippen LogP contribution in [0.4, 0.5) is 0 Å². The van der Waals surface area contributed by atoms with Gasteiger partial charge in [-0.2, -0.15) is 0 Å². The van der Waals surface area contributed by atoms with Crippen LogP contribution in [0.3, 0.4) is 0 Å². The summed E-state index contributed by atoms with van der Waals surface area (Å²) in [4.78, 5) is 12.3. The summed E-state index contributed by atoms with van der Waals surface area (Å²) in [6.45, 7) is 11.2. The molecule has 0 radical (unpaired) electrons. The second kappa shape index (κ2) is 9.53. The van der Waals surface area contributed by atoms with Gasteiger partial charge in [0.1, 0.15) is 17.1 Å². The molecule has 0 bridgehead atoms. The van der Waals surface area contributed by atoms with Crippen LogP contribution in [0.1, 0.15) is 76.7 Å². The first-order valence-corrected chi connectivity index (χ1v) is 11.8. The van der Waals surface area contributed by atoms with E-state index in [9.17, 15) is 15.0 Å². The molecule has 2 heterocycles. The fourth-order valence-electron chi connectivity index (χ4n) is 3.91. The molecular weight excluding hydrogens is 414 g/mol. The van der Waals surface area contributed by atoms with Gasteiger partial charge in [-0.05, 0) is 53.3 Å². The number of nitrogens with one attached hydrogen (secondary N) is 1. The van der Waals surface area contributed by atoms with Gasteiger partial charge < -0.3 is 25.0 Å². The number of aromatic hydroxyl groups is 1. The van der Waals surface area contributed by atoms with Crippen LogP contribution in [0, 0.1) is 0 Å². The van der Waals surface area contributed by atoms with E-state index < -0.39 is 16.8 Å². The maximum Gasteiger partial charge on any atom is 0.240 e. The third kappa shape index (κ3) is 5.64. The molecule has 2 aliphatic heterocycles. The molecule has 1 aromatic rings. The summed E-state index contributed by atoms with van der Waals surface area (Å²) in [7, 11) is 0. The van der Waals surface area contributed by atoms with E-state index in [1.54, 1.807) is 11.6 Å². The highest BCUT2D eigenvalue weighted by Crippen LogP contribution is 2.43. The molecule has 0 spiro atoms. The maximum absolute atomic E-state index is 12.3. The van der Waals surface area contributed by atoms with E-state index in [-0.39, 0.29) is 23.4 Å². The smallest absolute Gasteiger partial charge is 0.240 e. The molecule has 1 saturated heterocycles. The molecule has 3 atom stereocenters. The van der Waals surface area contributed by atoms with Crippen LogP contribution in [0.2, 0.25) is 0 Å². The van der Waals surface area contributed by atoms with Crippen molar-refractivity contribution in [1.29, 1.82) is 0 Å². The Hall–Kier alpha value is -1.54. The second-order valence-corrected chi connectivity index (χ2v) is 11.1. The SMILES string of the molecule is CC(C)(C)c1cc(C(O)C2SC=CNC2=O)cc(C(C)(C)COC2CCCCO2)c1O. The number of aliphatic hydroxyl groups is 1. The van der Waals surface area contributed by atoms with E-state index in [4.69, 9.17) is 9.47 Å². The third-order valence-corrected chi connectivity index (χ3v) is 6.90. The molecule has 1 aromatic carbocycles. The lowest BCUT2D eigenvalue weighted by atomic mass is 9.77. The highest BCUT2D eigenvalue weighted by molar-refractivity contribution is 8.03. The van der Waals surface area contributed by atoms with Gasteiger partial charge in [0.15, 0.2) is 6.29 Å². The maximum atomic E-state index is 12.3. The number of amides is 1. The molecule has 6 nitrogen and oxygen atoms in total. The molecule has 3 N–H and O–H groups in total. The van der Waals surface area contributed by atoms with Crippen molar-refractivity contribution in [3.63, 3.8) is 0 Å². The van der Waals surface area contributed by atoms with E-state index in [2.05, 4.69) is 5.32 Å². The van der Waals surface area contributed by atoms with Crippen LogP contribution in [-0.4, -0.2) is 40.9 Å². The summed E-state index contributed by atoms with van der Waals surface area (Å²) < 4.78 is 11.7. The predicted molar refractivity (Wildman–Crippen MR) is 123 cm³/mol. The number of phenolic OH excluding ortho intramolecular Hbond substituents is 1. The standard InChI is InChI=1S/C24H35NO5S/c1-23(2,3)16-12-15(19(26)21-22(28)25-9-11-31-21)13-17(20(16)27)24(4,5)14-30-18-8-6-7-10-29-18/h9,11-13,18-19,21,26-27H,6-8,10,14H2,1-5H3,(H,25,28). The van der Waals surface area contributed by atoms with Crippen LogP contribution in [0.15, 0.2) is 23.7 Å². The minimum Gasteiger partial charge on any atom is -0.507 e. The monoisotopic (exact) mass is 449 g/mol. The summed E-state index contributed by atoms with van der Waals surface area (Å²) in [6.07, 6.45) is 3.36. The van der Waals surface area contributed by atoms with E-state index in [0.717, 1.165) is 24.8 Å². The predicted octanol–water partition coefficient (Wildman–Crippen LogP) is 4.25. The van der Waals surface area contributed by atoms with Crippen molar-refractivity contribution in [1.82, 2.24) is 5.32 Å². The van der Waals surface area contributed by atoms with Crippen molar-refractivity contribution in [3.8, 4) is 5.75 Å². The van der Waals surface area contributed by atoms with E-state index in [1.807, 2.05) is 46.8 Å². The normalized spacial score (nSPS) is 23.5. The zero-order chi connectivity index (χ0) is 22.8. The van der Waals surface area contributed by atoms with Gasteiger partial charge in [-0.1, -0.05) is 34.6 Å². The summed E-state index contributed by atoms with van der Waals surface area (Å²) in [5.74, 6) is -0.0220. The van der Waals surface area contributed by atoms with E-state index in [0.29, 0.717) is 24.3 Å². The van der Waals surface area contributed by atoms with Gasteiger partial charge >= 0.3 is 0 Å². The number of hydrogen-bond donors (Lipinski definition) is 3. The Labute approximate surface area is 189 Å². The Kier molecular flexibility index (Phi) is 7.41. The van der Waals surface area contributed by atoms with Crippen LogP contribution in [0.5, 0.6) is 5.75 Å². The molecule has 7 heteroatoms. The highest BCUT2D eigenvalue weighted by atomic mass is 32.2. The lowest BCUT2D eigenvalue weighted by Gasteiger charge is -2.33. The molecule has 0 saturated carbocycles. The third-order valence-electron chi connectivity index (χ3n) is 5.84. The molecule has 0 aliphatic carbocycles. The summed E-state index contributed by atoms with van der Waals surface area (Å²) in [5, 5.41) is 26.0. The number of ether oxygens (including phenoxy) is 2. The Balaban J connectivity index is 1.95. The van der Waals surface area contributed by atoms with E-state index >= 15 is 0 Å². The van der Waals surface area contributed by atoms with Gasteiger partial charge in [0.25, 0.3) is 0 Å². The van der Waals surface area contributed by atoms with Crippen molar-refractivity contribution in [3.05, 3.63) is 40.4 Å². The van der Waals surface area contributed by atoms with Crippen LogP contribution in [-0.2, 0) is 25.1 Å². The average Bonchev–Trinajstić information content (AvgIpc) is 2.72. The number of benzene rings is 1. The van der Waals surface area contributed by atoms with Crippen LogP contribution in [0.25, 0.3) is 0 Å². The molecule has 3 rings (SSSR count). The lowest BCUT2D eigenvalue weighted by Crippen LogP contribution is -2.36. The Morgan fingerprint density at radius 2 is 1.94 bits per heavy atom. The van der Waals surface area contributed by atoms with Crippen molar-refractivity contribution < 1.29 is 24.5 Å². The molecule has 1 amide bonds. The number of rotatable bonds is 6. The van der Waals surface area contributed by atoms with Gasteiger partial charge in [0.05, 0.1) is 6.61 Å². The molecule has 1 fully saturated rings. The largest absolute Gasteiger partial charge is 0.507 e. The van der Waals surface area contributed by atoms with Gasteiger partial charge in [-0.25, -0.2) is 0 Å². The van der Waals surface area contributed by atoms with Crippen molar-refractivity contribution >= 4 is 17.7 Å². The molecule has 3 unspecified atom stereocenters. The van der Waals surface area contributed by atoms with Crippen LogP contribution < -0.4 is 5.32 Å². The number of aliphatic hydroxyl groups excluding tert-OH is 1. The lowest BCUT2D eigenvalue weighted by molar-refractivity contribution is -0.170. The Morgan fingerprint density at radius 3 is 2.55 bits per heavy atom. The number of phenols is 1. The van der Waals surface area contributed by atoms with Gasteiger partial charge in [0.2, 0.25) is 5.91 Å². The number of carbonyl (C=O) groups excluding carboxylic acids is 1. The second-order valence-electron chi connectivity index (χ2n) is 10.0. The minimum atomic E-state index is -1.01. The van der Waals surface area contributed by atoms with Crippen molar-refractivity contribution in [2.75, 3.05) is 13.2 Å². The first kappa shape index (κ1) is 24.1. The van der Waals surface area contributed by atoms with Gasteiger partial charge in [-0.3, -0.25) is 4.79 Å². The fourth-order valence-corrected chi connectivity index (χ4v) is 4.73. The molecule has 31 heavy (non-hydrogen) atoms. The average molecular weight is 450 g/mol. The zero-order valence-corrected chi connectivity index (χ0v) is 19.9. The number of hydrogen-bond acceptors (Lipinski definition) is 6. The van der Waals surface area contributed by atoms with E-state index in [1.165, 1.54) is 11.8 Å². The highest BCUT2D eigenvalue weighted by Gasteiger charge is 2.35. The van der Waals surface area contributed by atoms with Crippen LogP contribution >= 0.6 is 11.8 Å². The minimum absolute atomic E-state index is 0.210. The summed E-state index contributed by atoms with van der Waals surface area (Å²) in [5.41, 5.74) is 1.17. The number of carbonyl (C=O) groups is 1. The summed E-state index contributed by atoms with van der Waals surface area (Å²) in [6, 6.07) is 3.63. The molecule has 0 aromatic heterocycles. The fraction of sp³-hybridized carbons (Fsp3) is 0.625. The molecular formula is C24H35NO5S. The Bertz CT molecular complexity index is 824. The Morgan fingerprint density at radius 1 is 1.23 bits per heavy atom. The topological polar surface area (TPSA) is 88.0 Å². The van der Waals surface area contributed by atoms with Crippen molar-refractivity contribution in [2.24, 2.45) is 0 Å². The molecule has 2 aliphatic rings. The summed E-state index contributed by atoms with van der Waals surface area (Å²) >= 11 is 1.29. The van der Waals surface area contributed by atoms with Gasteiger partial charge in [0, 0.05) is 23.8 Å². The molecule has 172 valence electrons. The number of thioether (sulfide) groups is 1. The van der Waals surface area contributed by atoms with Crippen molar-refractivity contribution in [2.45, 2.75) is 82.4 Å². The quantitative estimate of drug-likeness (QED) is 0.602.